The summed E-state index contributed by atoms with van der Waals surface area (Å²) < 4.78 is 41.2. The van der Waals surface area contributed by atoms with Crippen LogP contribution >= 0.6 is 0 Å². The fraction of sp³-hybridized carbons (Fsp3) is 0.250. The lowest BCUT2D eigenvalue weighted by Crippen LogP contribution is -2.10. The van der Waals surface area contributed by atoms with Crippen LogP contribution in [0.4, 0.5) is 13.2 Å². The fourth-order valence-corrected chi connectivity index (χ4v) is 1.74. The average Bonchev–Trinajstić information content (AvgIpc) is 2.62. The molecular weight excluding hydrogens is 245 g/mol. The molecule has 0 aliphatic heterocycles. The third-order valence-electron chi connectivity index (χ3n) is 2.67. The molecule has 0 amide bonds. The van der Waals surface area contributed by atoms with E-state index < -0.39 is 29.1 Å². The standard InChI is InChI=1S/C12H11F3N2O/c1-17-3-2-16-11(17)6-10(18)12-8(14)4-7(13)5-9(12)15/h2-5,10,18H,6H2,1H3. The lowest BCUT2D eigenvalue weighted by Gasteiger charge is -2.12. The Bertz CT molecular complexity index is 545. The van der Waals surface area contributed by atoms with Gasteiger partial charge in [0.1, 0.15) is 23.3 Å². The van der Waals surface area contributed by atoms with Crippen molar-refractivity contribution in [3.05, 3.63) is 53.4 Å². The maximum Gasteiger partial charge on any atom is 0.134 e. The molecule has 1 N–H and O–H groups in total. The average molecular weight is 256 g/mol. The van der Waals surface area contributed by atoms with Gasteiger partial charge in [-0.05, 0) is 0 Å². The molecule has 0 aliphatic carbocycles. The first-order valence-electron chi connectivity index (χ1n) is 5.27. The number of imidazole rings is 1. The van der Waals surface area contributed by atoms with E-state index in [0.717, 1.165) is 0 Å². The molecule has 1 unspecified atom stereocenters. The van der Waals surface area contributed by atoms with Crippen LogP contribution < -0.4 is 0 Å². The van der Waals surface area contributed by atoms with E-state index in [1.807, 2.05) is 0 Å². The maximum atomic E-state index is 13.4. The summed E-state index contributed by atoms with van der Waals surface area (Å²) in [5.74, 6) is -2.74. The van der Waals surface area contributed by atoms with E-state index in [-0.39, 0.29) is 6.42 Å². The van der Waals surface area contributed by atoms with E-state index in [1.54, 1.807) is 17.8 Å². The van der Waals surface area contributed by atoms with E-state index in [1.165, 1.54) is 6.20 Å². The number of nitrogens with zero attached hydrogens (tertiary/aromatic N) is 2. The van der Waals surface area contributed by atoms with Gasteiger partial charge in [-0.15, -0.1) is 0 Å². The second-order valence-electron chi connectivity index (χ2n) is 3.96. The van der Waals surface area contributed by atoms with Crippen LogP contribution in [0.1, 0.15) is 17.5 Å². The first kappa shape index (κ1) is 12.6. The number of aliphatic hydroxyl groups is 1. The molecule has 0 fully saturated rings. The largest absolute Gasteiger partial charge is 0.388 e. The third kappa shape index (κ3) is 2.38. The van der Waals surface area contributed by atoms with Crippen LogP contribution in [-0.4, -0.2) is 14.7 Å². The molecule has 0 spiro atoms. The first-order valence-corrected chi connectivity index (χ1v) is 5.27. The minimum Gasteiger partial charge on any atom is -0.388 e. The zero-order valence-electron chi connectivity index (χ0n) is 9.57. The molecule has 96 valence electrons. The number of hydrogen-bond acceptors (Lipinski definition) is 2. The van der Waals surface area contributed by atoms with Crippen LogP contribution in [-0.2, 0) is 13.5 Å². The van der Waals surface area contributed by atoms with Crippen molar-refractivity contribution in [2.45, 2.75) is 12.5 Å². The van der Waals surface area contributed by atoms with E-state index in [0.29, 0.717) is 18.0 Å². The fourth-order valence-electron chi connectivity index (χ4n) is 1.74. The summed E-state index contributed by atoms with van der Waals surface area (Å²) >= 11 is 0. The number of aliphatic hydroxyl groups excluding tert-OH is 1. The monoisotopic (exact) mass is 256 g/mol. The molecule has 0 radical (unpaired) electrons. The van der Waals surface area contributed by atoms with Crippen molar-refractivity contribution in [1.29, 1.82) is 0 Å². The van der Waals surface area contributed by atoms with Gasteiger partial charge in [0.15, 0.2) is 0 Å². The van der Waals surface area contributed by atoms with Gasteiger partial charge in [-0.25, -0.2) is 18.2 Å². The Kier molecular flexibility index (Phi) is 3.38. The highest BCUT2D eigenvalue weighted by molar-refractivity contribution is 5.24. The number of benzene rings is 1. The third-order valence-corrected chi connectivity index (χ3v) is 2.67. The predicted molar refractivity (Wildman–Crippen MR) is 58.2 cm³/mol. The predicted octanol–water partition coefficient (Wildman–Crippen LogP) is 2.11. The van der Waals surface area contributed by atoms with Gasteiger partial charge in [0.2, 0.25) is 0 Å². The van der Waals surface area contributed by atoms with E-state index >= 15 is 0 Å². The van der Waals surface area contributed by atoms with Gasteiger partial charge in [0.25, 0.3) is 0 Å². The molecule has 0 bridgehead atoms. The Morgan fingerprint density at radius 1 is 1.28 bits per heavy atom. The topological polar surface area (TPSA) is 38.0 Å². The molecule has 1 heterocycles. The molecule has 1 aromatic carbocycles. The summed E-state index contributed by atoms with van der Waals surface area (Å²) in [7, 11) is 1.70. The molecule has 2 aromatic rings. The molecule has 1 atom stereocenters. The van der Waals surface area contributed by atoms with Gasteiger partial charge in [-0.1, -0.05) is 0 Å². The molecule has 18 heavy (non-hydrogen) atoms. The maximum absolute atomic E-state index is 13.4. The molecule has 1 aromatic heterocycles. The summed E-state index contributed by atoms with van der Waals surface area (Å²) in [6.45, 7) is 0. The Hall–Kier alpha value is -1.82. The Morgan fingerprint density at radius 2 is 1.89 bits per heavy atom. The second kappa shape index (κ2) is 4.81. The summed E-state index contributed by atoms with van der Waals surface area (Å²) in [4.78, 5) is 3.94. The van der Waals surface area contributed by atoms with Crippen LogP contribution in [0.3, 0.4) is 0 Å². The van der Waals surface area contributed by atoms with Crippen LogP contribution in [0.2, 0.25) is 0 Å². The van der Waals surface area contributed by atoms with Crippen molar-refractivity contribution < 1.29 is 18.3 Å². The minimum atomic E-state index is -1.41. The Labute approximate surface area is 102 Å². The van der Waals surface area contributed by atoms with Gasteiger partial charge in [-0.3, -0.25) is 0 Å². The smallest absolute Gasteiger partial charge is 0.134 e. The van der Waals surface area contributed by atoms with Crippen molar-refractivity contribution >= 4 is 0 Å². The number of rotatable bonds is 3. The van der Waals surface area contributed by atoms with Gasteiger partial charge in [0, 0.05) is 38.0 Å². The van der Waals surface area contributed by atoms with E-state index in [4.69, 9.17) is 0 Å². The zero-order valence-corrected chi connectivity index (χ0v) is 9.57. The van der Waals surface area contributed by atoms with Gasteiger partial charge >= 0.3 is 0 Å². The second-order valence-corrected chi connectivity index (χ2v) is 3.96. The van der Waals surface area contributed by atoms with Crippen LogP contribution in [0.5, 0.6) is 0 Å². The van der Waals surface area contributed by atoms with Crippen molar-refractivity contribution in [2.75, 3.05) is 0 Å². The van der Waals surface area contributed by atoms with Gasteiger partial charge in [0.05, 0.1) is 11.7 Å². The summed E-state index contributed by atoms with van der Waals surface area (Å²) in [6, 6.07) is 1.08. The quantitative estimate of drug-likeness (QED) is 0.913. The minimum absolute atomic E-state index is 0.0526. The highest BCUT2D eigenvalue weighted by atomic mass is 19.1. The molecule has 2 rings (SSSR count). The molecule has 6 heteroatoms. The van der Waals surface area contributed by atoms with Crippen LogP contribution in [0, 0.1) is 17.5 Å². The van der Waals surface area contributed by atoms with Crippen LogP contribution in [0.15, 0.2) is 24.5 Å². The highest BCUT2D eigenvalue weighted by Gasteiger charge is 2.21. The number of halogens is 3. The molecule has 0 saturated heterocycles. The van der Waals surface area contributed by atoms with Crippen molar-refractivity contribution in [1.82, 2.24) is 9.55 Å². The Morgan fingerprint density at radius 3 is 2.39 bits per heavy atom. The summed E-state index contributed by atoms with van der Waals surface area (Å²) in [6.07, 6.45) is 1.70. The SMILES string of the molecule is Cn1ccnc1CC(O)c1c(F)cc(F)cc1F. The van der Waals surface area contributed by atoms with Crippen molar-refractivity contribution in [2.24, 2.45) is 7.05 Å². The van der Waals surface area contributed by atoms with Crippen LogP contribution in [0.25, 0.3) is 0 Å². The molecular formula is C12H11F3N2O. The number of aromatic nitrogens is 2. The van der Waals surface area contributed by atoms with Crippen molar-refractivity contribution in [3.8, 4) is 0 Å². The zero-order chi connectivity index (χ0) is 13.3. The van der Waals surface area contributed by atoms with E-state index in [2.05, 4.69) is 4.98 Å². The molecule has 3 nitrogen and oxygen atoms in total. The summed E-state index contributed by atoms with van der Waals surface area (Å²) in [5.41, 5.74) is -0.542. The highest BCUT2D eigenvalue weighted by Crippen LogP contribution is 2.24. The lowest BCUT2D eigenvalue weighted by molar-refractivity contribution is 0.164. The first-order chi connectivity index (χ1) is 8.49. The summed E-state index contributed by atoms with van der Waals surface area (Å²) in [5, 5.41) is 9.81. The number of hydrogen-bond donors (Lipinski definition) is 1. The lowest BCUT2D eigenvalue weighted by atomic mass is 10.0. The normalized spacial score (nSPS) is 12.7. The van der Waals surface area contributed by atoms with Gasteiger partial charge < -0.3 is 9.67 Å². The van der Waals surface area contributed by atoms with Crippen molar-refractivity contribution in [3.63, 3.8) is 0 Å². The van der Waals surface area contributed by atoms with E-state index in [9.17, 15) is 18.3 Å². The number of aryl methyl sites for hydroxylation is 1. The van der Waals surface area contributed by atoms with Gasteiger partial charge in [-0.2, -0.15) is 0 Å². The Balaban J connectivity index is 2.29. The molecule has 0 aliphatic rings. The molecule has 0 saturated carbocycles.